The zero-order chi connectivity index (χ0) is 21.1. The average Bonchev–Trinajstić information content (AvgIpc) is 3.33. The Hall–Kier alpha value is -2.47. The van der Waals surface area contributed by atoms with Crippen molar-refractivity contribution in [3.8, 4) is 0 Å². The van der Waals surface area contributed by atoms with Crippen molar-refractivity contribution in [1.82, 2.24) is 9.91 Å². The number of hydrogen-bond acceptors (Lipinski definition) is 4. The number of rotatable bonds is 8. The molecule has 156 valence electrons. The molecule has 0 saturated heterocycles. The van der Waals surface area contributed by atoms with Crippen molar-refractivity contribution in [3.05, 3.63) is 88.1 Å². The van der Waals surface area contributed by atoms with E-state index in [-0.39, 0.29) is 5.91 Å². The minimum Gasteiger partial charge on any atom is -0.309 e. The number of anilines is 1. The molecule has 0 radical (unpaired) electrons. The molecule has 1 amide bonds. The van der Waals surface area contributed by atoms with Gasteiger partial charge in [0.2, 0.25) is 0 Å². The molecule has 4 nitrogen and oxygen atoms in total. The molecule has 2 heterocycles. The SMILES string of the molecule is CN(C)CCCC1(c2ccccc2)C(=O)N(N(C)Cc2cccs2)c2ccccc21. The van der Waals surface area contributed by atoms with Gasteiger partial charge >= 0.3 is 0 Å². The van der Waals surface area contributed by atoms with E-state index in [1.807, 2.05) is 36.3 Å². The summed E-state index contributed by atoms with van der Waals surface area (Å²) in [6.07, 6.45) is 1.73. The monoisotopic (exact) mass is 419 g/mol. The fourth-order valence-corrected chi connectivity index (χ4v) is 5.26. The lowest BCUT2D eigenvalue weighted by molar-refractivity contribution is -0.124. The van der Waals surface area contributed by atoms with Gasteiger partial charge < -0.3 is 4.90 Å². The predicted octanol–water partition coefficient (Wildman–Crippen LogP) is 4.77. The van der Waals surface area contributed by atoms with Gasteiger partial charge in [0, 0.05) is 11.9 Å². The fraction of sp³-hybridized carbons (Fsp3) is 0.320. The van der Waals surface area contributed by atoms with E-state index in [9.17, 15) is 4.79 Å². The zero-order valence-corrected chi connectivity index (χ0v) is 18.7. The molecule has 1 aliphatic heterocycles. The van der Waals surface area contributed by atoms with Gasteiger partial charge in [-0.15, -0.1) is 11.3 Å². The van der Waals surface area contributed by atoms with E-state index < -0.39 is 5.41 Å². The summed E-state index contributed by atoms with van der Waals surface area (Å²) >= 11 is 1.72. The Morgan fingerprint density at radius 2 is 1.67 bits per heavy atom. The molecule has 2 aromatic carbocycles. The topological polar surface area (TPSA) is 26.8 Å². The number of carbonyl (C=O) groups excluding carboxylic acids is 1. The molecule has 3 aromatic rings. The van der Waals surface area contributed by atoms with Crippen LogP contribution in [0.2, 0.25) is 0 Å². The fourth-order valence-electron chi connectivity index (χ4n) is 4.51. The number of amides is 1. The van der Waals surface area contributed by atoms with Gasteiger partial charge in [-0.05, 0) is 62.1 Å². The van der Waals surface area contributed by atoms with Gasteiger partial charge in [-0.3, -0.25) is 4.79 Å². The van der Waals surface area contributed by atoms with E-state index in [2.05, 4.69) is 71.8 Å². The number of para-hydroxylation sites is 1. The molecular formula is C25H29N3OS. The first kappa shape index (κ1) is 20.8. The minimum atomic E-state index is -0.655. The first-order valence-electron chi connectivity index (χ1n) is 10.4. The van der Waals surface area contributed by atoms with Crippen LogP contribution in [-0.4, -0.2) is 43.5 Å². The molecule has 1 aliphatic rings. The lowest BCUT2D eigenvalue weighted by Crippen LogP contribution is -2.48. The second kappa shape index (κ2) is 8.72. The van der Waals surface area contributed by atoms with Crippen LogP contribution in [0.5, 0.6) is 0 Å². The Kier molecular flexibility index (Phi) is 6.04. The van der Waals surface area contributed by atoms with E-state index in [4.69, 9.17) is 0 Å². The molecule has 4 rings (SSSR count). The van der Waals surface area contributed by atoms with Crippen LogP contribution in [0.4, 0.5) is 5.69 Å². The van der Waals surface area contributed by atoms with Gasteiger partial charge in [-0.25, -0.2) is 10.0 Å². The van der Waals surface area contributed by atoms with Gasteiger partial charge in [-0.1, -0.05) is 54.6 Å². The number of nitrogens with zero attached hydrogens (tertiary/aromatic N) is 3. The number of hydrazine groups is 1. The Labute approximate surface area is 183 Å². The lowest BCUT2D eigenvalue weighted by atomic mass is 9.72. The summed E-state index contributed by atoms with van der Waals surface area (Å²) in [4.78, 5) is 17.6. The summed E-state index contributed by atoms with van der Waals surface area (Å²) in [6, 6.07) is 22.8. The van der Waals surface area contributed by atoms with Crippen molar-refractivity contribution >= 4 is 22.9 Å². The quantitative estimate of drug-likeness (QED) is 0.526. The van der Waals surface area contributed by atoms with Gasteiger partial charge in [0.05, 0.1) is 12.2 Å². The van der Waals surface area contributed by atoms with E-state index in [0.29, 0.717) is 6.54 Å². The van der Waals surface area contributed by atoms with Crippen LogP contribution in [0.15, 0.2) is 72.1 Å². The highest BCUT2D eigenvalue weighted by molar-refractivity contribution is 7.09. The third kappa shape index (κ3) is 3.69. The molecule has 5 heteroatoms. The Morgan fingerprint density at radius 3 is 2.37 bits per heavy atom. The van der Waals surface area contributed by atoms with E-state index in [1.165, 1.54) is 4.88 Å². The summed E-state index contributed by atoms with van der Waals surface area (Å²) in [5.41, 5.74) is 2.53. The molecule has 30 heavy (non-hydrogen) atoms. The summed E-state index contributed by atoms with van der Waals surface area (Å²) < 4.78 is 0. The van der Waals surface area contributed by atoms with E-state index in [1.54, 1.807) is 11.3 Å². The second-order valence-corrected chi connectivity index (χ2v) is 9.24. The van der Waals surface area contributed by atoms with Gasteiger partial charge in [0.1, 0.15) is 5.41 Å². The second-order valence-electron chi connectivity index (χ2n) is 8.21. The molecule has 0 aliphatic carbocycles. The largest absolute Gasteiger partial charge is 0.309 e. The normalized spacial score (nSPS) is 18.4. The molecule has 0 bridgehead atoms. The maximum Gasteiger partial charge on any atom is 0.256 e. The van der Waals surface area contributed by atoms with Crippen LogP contribution in [0.3, 0.4) is 0 Å². The van der Waals surface area contributed by atoms with E-state index >= 15 is 0 Å². The summed E-state index contributed by atoms with van der Waals surface area (Å²) in [5, 5.41) is 6.04. The molecule has 1 unspecified atom stereocenters. The van der Waals surface area contributed by atoms with Crippen LogP contribution in [-0.2, 0) is 16.8 Å². The molecule has 0 spiro atoms. The predicted molar refractivity (Wildman–Crippen MR) is 125 cm³/mol. The van der Waals surface area contributed by atoms with Gasteiger partial charge in [0.25, 0.3) is 5.91 Å². The van der Waals surface area contributed by atoms with Crippen LogP contribution in [0, 0.1) is 0 Å². The molecule has 0 fully saturated rings. The van der Waals surface area contributed by atoms with Gasteiger partial charge in [-0.2, -0.15) is 0 Å². The van der Waals surface area contributed by atoms with Crippen molar-refractivity contribution < 1.29 is 4.79 Å². The number of thiophene rings is 1. The number of benzene rings is 2. The van der Waals surface area contributed by atoms with E-state index in [0.717, 1.165) is 36.2 Å². The van der Waals surface area contributed by atoms with Crippen molar-refractivity contribution in [2.75, 3.05) is 32.7 Å². The third-order valence-electron chi connectivity index (χ3n) is 5.88. The maximum absolute atomic E-state index is 14.2. The highest BCUT2D eigenvalue weighted by Gasteiger charge is 2.52. The maximum atomic E-state index is 14.2. The van der Waals surface area contributed by atoms with Crippen LogP contribution in [0.25, 0.3) is 0 Å². The number of carbonyl (C=O) groups is 1. The van der Waals surface area contributed by atoms with Crippen LogP contribution < -0.4 is 5.01 Å². The molecule has 0 N–H and O–H groups in total. The number of fused-ring (bicyclic) bond motifs is 1. The molecule has 0 saturated carbocycles. The summed E-state index contributed by atoms with van der Waals surface area (Å²) in [6.45, 7) is 1.66. The highest BCUT2D eigenvalue weighted by Crippen LogP contribution is 2.49. The molecule has 1 atom stereocenters. The zero-order valence-electron chi connectivity index (χ0n) is 17.9. The van der Waals surface area contributed by atoms with Crippen molar-refractivity contribution in [1.29, 1.82) is 0 Å². The van der Waals surface area contributed by atoms with Crippen molar-refractivity contribution in [3.63, 3.8) is 0 Å². The smallest absolute Gasteiger partial charge is 0.256 e. The highest BCUT2D eigenvalue weighted by atomic mass is 32.1. The van der Waals surface area contributed by atoms with Crippen LogP contribution in [0.1, 0.15) is 28.8 Å². The average molecular weight is 420 g/mol. The van der Waals surface area contributed by atoms with Gasteiger partial charge in [0.15, 0.2) is 0 Å². The van der Waals surface area contributed by atoms with Crippen molar-refractivity contribution in [2.24, 2.45) is 0 Å². The Morgan fingerprint density at radius 1 is 0.933 bits per heavy atom. The Bertz CT molecular complexity index is 987. The lowest BCUT2D eigenvalue weighted by Gasteiger charge is -2.33. The van der Waals surface area contributed by atoms with Crippen molar-refractivity contribution in [2.45, 2.75) is 24.8 Å². The summed E-state index contributed by atoms with van der Waals surface area (Å²) in [7, 11) is 6.18. The first-order chi connectivity index (χ1) is 14.5. The minimum absolute atomic E-state index is 0.146. The summed E-state index contributed by atoms with van der Waals surface area (Å²) in [5.74, 6) is 0.146. The molecular weight excluding hydrogens is 390 g/mol. The Balaban J connectivity index is 1.78. The first-order valence-corrected chi connectivity index (χ1v) is 11.3. The number of hydrogen-bond donors (Lipinski definition) is 0. The third-order valence-corrected chi connectivity index (χ3v) is 6.74. The molecule has 1 aromatic heterocycles. The standard InChI is InChI=1S/C25H29N3OS/c1-26(2)17-10-16-25(20-11-5-4-6-12-20)22-14-7-8-15-23(22)28(24(25)29)27(3)19-21-13-9-18-30-21/h4-9,11-15,18H,10,16-17,19H2,1-3H3. The van der Waals surface area contributed by atoms with Crippen LogP contribution >= 0.6 is 11.3 Å².